The fourth-order valence-electron chi connectivity index (χ4n) is 6.46. The Labute approximate surface area is 239 Å². The summed E-state index contributed by atoms with van der Waals surface area (Å²) >= 11 is 0. The molecule has 0 radical (unpaired) electrons. The van der Waals surface area contributed by atoms with Crippen LogP contribution >= 0.6 is 0 Å². The second-order valence-corrected chi connectivity index (χ2v) is 11.3. The first kappa shape index (κ1) is 29.1. The minimum Gasteiger partial charge on any atom is -0.436 e. The number of hydrogen-bond acceptors (Lipinski definition) is 7. The molecule has 3 saturated heterocycles. The number of aromatic amines is 2. The van der Waals surface area contributed by atoms with Gasteiger partial charge in [-0.05, 0) is 56.7 Å². The van der Waals surface area contributed by atoms with E-state index in [9.17, 15) is 19.2 Å². The molecule has 0 bridgehead atoms. The van der Waals surface area contributed by atoms with Crippen molar-refractivity contribution in [3.8, 4) is 0 Å². The minimum absolute atomic E-state index is 0.101. The van der Waals surface area contributed by atoms with Crippen molar-refractivity contribution in [1.29, 1.82) is 0 Å². The fourth-order valence-corrected chi connectivity index (χ4v) is 6.46. The van der Waals surface area contributed by atoms with Crippen molar-refractivity contribution in [2.75, 3.05) is 59.0 Å². The van der Waals surface area contributed by atoms with E-state index < -0.39 is 12.2 Å². The summed E-state index contributed by atoms with van der Waals surface area (Å²) in [6.07, 6.45) is 2.94. The number of aromatic nitrogens is 2. The van der Waals surface area contributed by atoms with Gasteiger partial charge in [0, 0.05) is 77.5 Å². The highest BCUT2D eigenvalue weighted by molar-refractivity contribution is 5.85. The smallest absolute Gasteiger partial charge is 0.410 e. The van der Waals surface area contributed by atoms with Crippen molar-refractivity contribution in [3.63, 3.8) is 0 Å². The van der Waals surface area contributed by atoms with E-state index in [0.717, 1.165) is 62.2 Å². The number of nitrogens with zero attached hydrogens (tertiary/aromatic N) is 4. The second kappa shape index (κ2) is 13.1. The number of aryl methyl sites for hydroxylation is 1. The van der Waals surface area contributed by atoms with Gasteiger partial charge in [-0.1, -0.05) is 6.07 Å². The van der Waals surface area contributed by atoms with Crippen molar-refractivity contribution in [2.24, 2.45) is 0 Å². The number of carbonyl (C=O) groups excluding carboxylic acids is 3. The second-order valence-electron chi connectivity index (χ2n) is 11.3. The number of rotatable bonds is 8. The summed E-state index contributed by atoms with van der Waals surface area (Å²) in [4.78, 5) is 63.6. The van der Waals surface area contributed by atoms with E-state index in [2.05, 4.69) is 14.9 Å². The Hall–Kier alpha value is -3.38. The zero-order chi connectivity index (χ0) is 28.9. The monoisotopic (exact) mass is 570 g/mol. The molecule has 0 saturated carbocycles. The van der Waals surface area contributed by atoms with E-state index in [1.54, 1.807) is 9.80 Å². The van der Waals surface area contributed by atoms with Crippen LogP contribution in [-0.4, -0.2) is 125 Å². The molecule has 3 aliphatic heterocycles. The number of H-pyrrole nitrogens is 2. The molecule has 224 valence electrons. The fraction of sp³-hybridized carbons (Fsp3) is 0.655. The van der Waals surface area contributed by atoms with E-state index in [1.807, 2.05) is 30.9 Å². The maximum atomic E-state index is 13.9. The molecular weight excluding hydrogens is 528 g/mol. The molecule has 1 atom stereocenters. The van der Waals surface area contributed by atoms with Gasteiger partial charge in [0.25, 0.3) is 5.91 Å². The molecule has 0 spiro atoms. The summed E-state index contributed by atoms with van der Waals surface area (Å²) in [5.41, 5.74) is 2.77. The zero-order valence-electron chi connectivity index (χ0n) is 24.1. The third-order valence-electron chi connectivity index (χ3n) is 8.85. The number of benzene rings is 1. The molecule has 0 aliphatic carbocycles. The zero-order valence-corrected chi connectivity index (χ0v) is 24.1. The Balaban J connectivity index is 1.28. The first-order chi connectivity index (χ1) is 19.9. The highest BCUT2D eigenvalue weighted by Crippen LogP contribution is 2.22. The molecule has 12 nitrogen and oxygen atoms in total. The Kier molecular flexibility index (Phi) is 9.29. The highest BCUT2D eigenvalue weighted by Gasteiger charge is 2.35. The van der Waals surface area contributed by atoms with Crippen LogP contribution < -0.4 is 5.69 Å². The SMILES string of the molecule is CCN(C=O)C1CCN(C(=O)O[C@H](Cc2cc(C)c3[nH]c(=O)[nH]c3c2)C(=O)N2CCN(C3CCOCC3)CC2)CC1. The lowest BCUT2D eigenvalue weighted by Gasteiger charge is -2.41. The van der Waals surface area contributed by atoms with Crippen molar-refractivity contribution >= 4 is 29.4 Å². The number of nitrogens with one attached hydrogen (secondary N) is 2. The van der Waals surface area contributed by atoms with Gasteiger partial charge in [-0.2, -0.15) is 0 Å². The molecule has 5 rings (SSSR count). The lowest BCUT2D eigenvalue weighted by molar-refractivity contribution is -0.143. The number of fused-ring (bicyclic) bond motifs is 1. The van der Waals surface area contributed by atoms with Gasteiger partial charge >= 0.3 is 11.8 Å². The van der Waals surface area contributed by atoms with Gasteiger partial charge in [-0.25, -0.2) is 9.59 Å². The van der Waals surface area contributed by atoms with E-state index in [1.165, 1.54) is 0 Å². The van der Waals surface area contributed by atoms with Crippen LogP contribution in [0.1, 0.15) is 43.7 Å². The third-order valence-corrected chi connectivity index (χ3v) is 8.85. The van der Waals surface area contributed by atoms with Gasteiger partial charge in [0.05, 0.1) is 11.0 Å². The molecule has 3 aliphatic rings. The maximum absolute atomic E-state index is 13.9. The van der Waals surface area contributed by atoms with Crippen molar-refractivity contribution in [1.82, 2.24) is 29.6 Å². The number of carbonyl (C=O) groups is 3. The molecule has 1 aromatic carbocycles. The molecule has 0 unspecified atom stereocenters. The standard InChI is InChI=1S/C29H42N6O6/c1-3-32(19-36)22-4-8-35(9-5-22)29(39)41-25(18-21-16-20(2)26-24(17-21)30-28(38)31-26)27(37)34-12-10-33(11-13-34)23-6-14-40-15-7-23/h16-17,19,22-23,25H,3-15,18H2,1-2H3,(H2,30,31,38)/t25-/m1/s1. The number of piperazine rings is 1. The van der Waals surface area contributed by atoms with E-state index in [-0.39, 0.29) is 24.1 Å². The van der Waals surface area contributed by atoms with Gasteiger partial charge in [0.2, 0.25) is 6.41 Å². The molecular formula is C29H42N6O6. The summed E-state index contributed by atoms with van der Waals surface area (Å²) in [5, 5.41) is 0. The first-order valence-corrected chi connectivity index (χ1v) is 14.8. The summed E-state index contributed by atoms with van der Waals surface area (Å²) < 4.78 is 11.5. The Morgan fingerprint density at radius 1 is 1.05 bits per heavy atom. The number of hydrogen-bond donors (Lipinski definition) is 2. The van der Waals surface area contributed by atoms with Crippen LogP contribution in [0.4, 0.5) is 4.79 Å². The molecule has 41 heavy (non-hydrogen) atoms. The molecule has 1 aromatic heterocycles. The van der Waals surface area contributed by atoms with Gasteiger partial charge in [0.15, 0.2) is 6.10 Å². The van der Waals surface area contributed by atoms with Crippen LogP contribution in [0.25, 0.3) is 11.0 Å². The maximum Gasteiger partial charge on any atom is 0.410 e. The lowest BCUT2D eigenvalue weighted by Crippen LogP contribution is -2.56. The Morgan fingerprint density at radius 3 is 2.41 bits per heavy atom. The van der Waals surface area contributed by atoms with Crippen LogP contribution in [-0.2, 0) is 25.5 Å². The minimum atomic E-state index is -0.987. The predicted molar refractivity (Wildman–Crippen MR) is 153 cm³/mol. The molecule has 2 N–H and O–H groups in total. The molecule has 3 amide bonds. The Morgan fingerprint density at radius 2 is 1.76 bits per heavy atom. The van der Waals surface area contributed by atoms with E-state index >= 15 is 0 Å². The number of ether oxygens (including phenoxy) is 2. The quantitative estimate of drug-likeness (QED) is 0.460. The number of amides is 3. The van der Waals surface area contributed by atoms with Crippen molar-refractivity contribution < 1.29 is 23.9 Å². The van der Waals surface area contributed by atoms with Gasteiger partial charge < -0.3 is 34.1 Å². The third kappa shape index (κ3) is 6.75. The van der Waals surface area contributed by atoms with Crippen molar-refractivity contribution in [3.05, 3.63) is 33.7 Å². The largest absolute Gasteiger partial charge is 0.436 e. The van der Waals surface area contributed by atoms with Crippen LogP contribution in [0.3, 0.4) is 0 Å². The molecule has 3 fully saturated rings. The summed E-state index contributed by atoms with van der Waals surface area (Å²) in [5.74, 6) is -0.196. The van der Waals surface area contributed by atoms with E-state index in [0.29, 0.717) is 57.1 Å². The van der Waals surface area contributed by atoms with Gasteiger partial charge in [-0.3, -0.25) is 14.5 Å². The number of piperidine rings is 1. The Bertz CT molecular complexity index is 1270. The summed E-state index contributed by atoms with van der Waals surface area (Å²) in [6, 6.07) is 4.35. The molecule has 4 heterocycles. The summed E-state index contributed by atoms with van der Waals surface area (Å²) in [7, 11) is 0. The van der Waals surface area contributed by atoms with Gasteiger partial charge in [0.1, 0.15) is 0 Å². The number of likely N-dealkylation sites (tertiary alicyclic amines) is 1. The van der Waals surface area contributed by atoms with Crippen LogP contribution in [0.2, 0.25) is 0 Å². The first-order valence-electron chi connectivity index (χ1n) is 14.8. The van der Waals surface area contributed by atoms with Crippen LogP contribution in [0, 0.1) is 6.92 Å². The van der Waals surface area contributed by atoms with E-state index in [4.69, 9.17) is 9.47 Å². The normalized spacial score (nSPS) is 20.2. The lowest BCUT2D eigenvalue weighted by atomic mass is 10.0. The van der Waals surface area contributed by atoms with Gasteiger partial charge in [-0.15, -0.1) is 0 Å². The van der Waals surface area contributed by atoms with Crippen LogP contribution in [0.15, 0.2) is 16.9 Å². The predicted octanol–water partition coefficient (Wildman–Crippen LogP) is 1.48. The number of imidazole rings is 1. The topological polar surface area (TPSA) is 131 Å². The molecule has 2 aromatic rings. The summed E-state index contributed by atoms with van der Waals surface area (Å²) in [6.45, 7) is 9.69. The highest BCUT2D eigenvalue weighted by atomic mass is 16.6. The van der Waals surface area contributed by atoms with Crippen molar-refractivity contribution in [2.45, 2.75) is 64.1 Å². The molecule has 12 heteroatoms. The van der Waals surface area contributed by atoms with Crippen LogP contribution in [0.5, 0.6) is 0 Å². The average Bonchev–Trinajstić information content (AvgIpc) is 3.38. The average molecular weight is 571 g/mol.